The van der Waals surface area contributed by atoms with Crippen molar-refractivity contribution in [3.63, 3.8) is 0 Å². The fraction of sp³-hybridized carbons (Fsp3) is 0.263. The number of ether oxygens (including phenoxy) is 1. The molecule has 2 aromatic rings. The van der Waals surface area contributed by atoms with Gasteiger partial charge in [0.05, 0.1) is 12.7 Å². The minimum Gasteiger partial charge on any atom is -0.373 e. The smallest absolute Gasteiger partial charge is 0.0850 e. The average molecular weight is 262 g/mol. The Bertz CT molecular complexity index is 693. The molecule has 1 nitrogen and oxygen atoms in total. The first-order chi connectivity index (χ1) is 9.86. The van der Waals surface area contributed by atoms with Crippen LogP contribution in [0.15, 0.2) is 48.5 Å². The first kappa shape index (κ1) is 11.9. The molecule has 0 radical (unpaired) electrons. The van der Waals surface area contributed by atoms with Gasteiger partial charge in [-0.05, 0) is 46.7 Å². The molecule has 1 saturated heterocycles. The number of epoxide rings is 1. The van der Waals surface area contributed by atoms with E-state index in [0.29, 0.717) is 6.10 Å². The number of benzene rings is 2. The van der Waals surface area contributed by atoms with Crippen molar-refractivity contribution >= 4 is 5.57 Å². The van der Waals surface area contributed by atoms with Gasteiger partial charge in [0.1, 0.15) is 0 Å². The quantitative estimate of drug-likeness (QED) is 0.635. The summed E-state index contributed by atoms with van der Waals surface area (Å²) in [5, 5.41) is 0. The highest BCUT2D eigenvalue weighted by atomic mass is 16.6. The van der Waals surface area contributed by atoms with Crippen LogP contribution in [0.2, 0.25) is 0 Å². The van der Waals surface area contributed by atoms with Crippen molar-refractivity contribution in [1.82, 2.24) is 0 Å². The van der Waals surface area contributed by atoms with Gasteiger partial charge >= 0.3 is 0 Å². The molecule has 1 aliphatic heterocycles. The lowest BCUT2D eigenvalue weighted by molar-refractivity contribution is 0.412. The molecule has 2 aliphatic rings. The molecule has 2 aromatic carbocycles. The van der Waals surface area contributed by atoms with Crippen molar-refractivity contribution in [2.24, 2.45) is 0 Å². The van der Waals surface area contributed by atoms with Crippen molar-refractivity contribution in [2.45, 2.75) is 25.9 Å². The van der Waals surface area contributed by atoms with Crippen LogP contribution in [-0.4, -0.2) is 12.7 Å². The van der Waals surface area contributed by atoms with E-state index in [1.807, 2.05) is 0 Å². The van der Waals surface area contributed by atoms with E-state index in [1.165, 1.54) is 33.4 Å². The summed E-state index contributed by atoms with van der Waals surface area (Å²) in [6.45, 7) is 3.06. The van der Waals surface area contributed by atoms with Crippen LogP contribution in [0.4, 0.5) is 0 Å². The lowest BCUT2D eigenvalue weighted by Gasteiger charge is -2.11. The third-order valence-corrected chi connectivity index (χ3v) is 4.40. The van der Waals surface area contributed by atoms with Gasteiger partial charge in [-0.1, -0.05) is 48.5 Å². The molecule has 0 saturated carbocycles. The Balaban J connectivity index is 1.80. The summed E-state index contributed by atoms with van der Waals surface area (Å²) in [6.07, 6.45) is 4.80. The fourth-order valence-corrected chi connectivity index (χ4v) is 3.27. The second kappa shape index (κ2) is 4.60. The van der Waals surface area contributed by atoms with Crippen LogP contribution < -0.4 is 0 Å². The minimum absolute atomic E-state index is 0.445. The van der Waals surface area contributed by atoms with Gasteiger partial charge in [-0.15, -0.1) is 0 Å². The van der Waals surface area contributed by atoms with Gasteiger partial charge in [-0.2, -0.15) is 0 Å². The summed E-state index contributed by atoms with van der Waals surface area (Å²) >= 11 is 0. The molecule has 20 heavy (non-hydrogen) atoms. The molecular weight excluding hydrogens is 244 g/mol. The maximum atomic E-state index is 5.40. The van der Waals surface area contributed by atoms with Crippen LogP contribution in [0.25, 0.3) is 16.7 Å². The third kappa shape index (κ3) is 1.90. The zero-order valence-corrected chi connectivity index (χ0v) is 11.7. The summed E-state index contributed by atoms with van der Waals surface area (Å²) in [5.41, 5.74) is 8.60. The normalized spacial score (nSPS) is 19.6. The van der Waals surface area contributed by atoms with Crippen LogP contribution in [0, 0.1) is 0 Å². The van der Waals surface area contributed by atoms with E-state index in [2.05, 4.69) is 55.5 Å². The Hall–Kier alpha value is -1.86. The molecule has 1 atom stereocenters. The van der Waals surface area contributed by atoms with E-state index < -0.39 is 0 Å². The Morgan fingerprint density at radius 2 is 1.95 bits per heavy atom. The molecule has 0 amide bonds. The lowest BCUT2D eigenvalue weighted by Crippen LogP contribution is -1.96. The second-order valence-electron chi connectivity index (χ2n) is 5.64. The van der Waals surface area contributed by atoms with Gasteiger partial charge in [-0.3, -0.25) is 0 Å². The summed E-state index contributed by atoms with van der Waals surface area (Å²) in [7, 11) is 0. The molecule has 1 unspecified atom stereocenters. The van der Waals surface area contributed by atoms with E-state index in [9.17, 15) is 0 Å². The van der Waals surface area contributed by atoms with Crippen molar-refractivity contribution in [3.05, 3.63) is 65.2 Å². The number of rotatable bonds is 3. The Labute approximate surface area is 119 Å². The number of fused-ring (bicyclic) bond motifs is 3. The highest BCUT2D eigenvalue weighted by Crippen LogP contribution is 2.41. The monoisotopic (exact) mass is 262 g/mol. The van der Waals surface area contributed by atoms with Gasteiger partial charge in [-0.25, -0.2) is 0 Å². The van der Waals surface area contributed by atoms with Crippen LogP contribution >= 0.6 is 0 Å². The largest absolute Gasteiger partial charge is 0.373 e. The maximum absolute atomic E-state index is 5.40. The molecule has 0 bridgehead atoms. The van der Waals surface area contributed by atoms with E-state index in [1.54, 1.807) is 0 Å². The van der Waals surface area contributed by atoms with Crippen LogP contribution in [0.3, 0.4) is 0 Å². The SMILES string of the molecule is CC=C(CC1CO1)c1cccc2c1Cc1ccccc1-2. The van der Waals surface area contributed by atoms with Crippen LogP contribution in [-0.2, 0) is 11.2 Å². The van der Waals surface area contributed by atoms with E-state index >= 15 is 0 Å². The van der Waals surface area contributed by atoms with Crippen molar-refractivity contribution in [1.29, 1.82) is 0 Å². The van der Waals surface area contributed by atoms with Gasteiger partial charge < -0.3 is 4.74 Å². The van der Waals surface area contributed by atoms with Gasteiger partial charge in [0.2, 0.25) is 0 Å². The zero-order valence-electron chi connectivity index (χ0n) is 11.7. The predicted molar refractivity (Wildman–Crippen MR) is 82.7 cm³/mol. The van der Waals surface area contributed by atoms with Crippen molar-refractivity contribution in [3.8, 4) is 11.1 Å². The second-order valence-corrected chi connectivity index (χ2v) is 5.64. The van der Waals surface area contributed by atoms with Crippen molar-refractivity contribution < 1.29 is 4.74 Å². The predicted octanol–water partition coefficient (Wildman–Crippen LogP) is 4.45. The molecule has 0 spiro atoms. The Morgan fingerprint density at radius 1 is 1.15 bits per heavy atom. The highest BCUT2D eigenvalue weighted by Gasteiger charge is 2.27. The van der Waals surface area contributed by atoms with Crippen LogP contribution in [0.5, 0.6) is 0 Å². The van der Waals surface area contributed by atoms with E-state index in [4.69, 9.17) is 4.74 Å². The molecule has 0 N–H and O–H groups in total. The molecular formula is C19H18O. The number of hydrogen-bond donors (Lipinski definition) is 0. The molecule has 1 heterocycles. The first-order valence-electron chi connectivity index (χ1n) is 7.34. The molecule has 4 rings (SSSR count). The van der Waals surface area contributed by atoms with Crippen LogP contribution in [0.1, 0.15) is 30.0 Å². The van der Waals surface area contributed by atoms with Gasteiger partial charge in [0.25, 0.3) is 0 Å². The number of hydrogen-bond acceptors (Lipinski definition) is 1. The molecule has 1 fully saturated rings. The first-order valence-corrected chi connectivity index (χ1v) is 7.34. The molecule has 100 valence electrons. The summed E-state index contributed by atoms with van der Waals surface area (Å²) in [5.74, 6) is 0. The zero-order chi connectivity index (χ0) is 13.5. The lowest BCUT2D eigenvalue weighted by atomic mass is 9.93. The highest BCUT2D eigenvalue weighted by molar-refractivity contribution is 5.83. The topological polar surface area (TPSA) is 12.5 Å². The number of allylic oxidation sites excluding steroid dienone is 1. The summed E-state index contributed by atoms with van der Waals surface area (Å²) in [6, 6.07) is 15.5. The van der Waals surface area contributed by atoms with Gasteiger partial charge in [0, 0.05) is 6.42 Å². The summed E-state index contributed by atoms with van der Waals surface area (Å²) < 4.78 is 5.40. The molecule has 1 aliphatic carbocycles. The van der Waals surface area contributed by atoms with E-state index in [-0.39, 0.29) is 0 Å². The summed E-state index contributed by atoms with van der Waals surface area (Å²) in [4.78, 5) is 0. The Kier molecular flexibility index (Phi) is 2.75. The molecule has 1 heteroatoms. The fourth-order valence-electron chi connectivity index (χ4n) is 3.27. The van der Waals surface area contributed by atoms with Crippen molar-refractivity contribution in [2.75, 3.05) is 6.61 Å². The maximum Gasteiger partial charge on any atom is 0.0850 e. The third-order valence-electron chi connectivity index (χ3n) is 4.40. The Morgan fingerprint density at radius 3 is 2.75 bits per heavy atom. The molecule has 0 aromatic heterocycles. The average Bonchev–Trinajstić information content (AvgIpc) is 3.23. The van der Waals surface area contributed by atoms with E-state index in [0.717, 1.165) is 19.4 Å². The minimum atomic E-state index is 0.445. The standard InChI is InChI=1S/C19H18O/c1-2-13(10-15-12-20-15)16-8-5-9-18-17-7-4-3-6-14(17)11-19(16)18/h2-9,15H,10-12H2,1H3. The van der Waals surface area contributed by atoms with Gasteiger partial charge in [0.15, 0.2) is 0 Å².